The van der Waals surface area contributed by atoms with Crippen molar-refractivity contribution in [3.8, 4) is 0 Å². The fraction of sp³-hybridized carbons (Fsp3) is 0.562. The molecule has 1 fully saturated rings. The van der Waals surface area contributed by atoms with Crippen LogP contribution in [0.4, 0.5) is 0 Å². The molecule has 1 amide bonds. The molecule has 0 aromatic heterocycles. The van der Waals surface area contributed by atoms with Crippen LogP contribution in [-0.2, 0) is 11.2 Å². The number of nitrogens with zero attached hydrogens (tertiary/aromatic N) is 1. The van der Waals surface area contributed by atoms with Gasteiger partial charge in [0.25, 0.3) is 0 Å². The number of carbonyl (C=O) groups is 1. The fourth-order valence-corrected chi connectivity index (χ4v) is 2.74. The number of nitrogens with one attached hydrogen (secondary N) is 1. The van der Waals surface area contributed by atoms with Gasteiger partial charge in [-0.25, -0.2) is 0 Å². The fourth-order valence-electron chi connectivity index (χ4n) is 2.74. The largest absolute Gasteiger partial charge is 0.355 e. The Morgan fingerprint density at radius 1 is 1.35 bits per heavy atom. The average molecular weight is 275 g/mol. The zero-order chi connectivity index (χ0) is 14.2. The molecule has 1 aromatic carbocycles. The van der Waals surface area contributed by atoms with Crippen molar-refractivity contribution < 1.29 is 4.79 Å². The molecule has 3 N–H and O–H groups in total. The van der Waals surface area contributed by atoms with Crippen LogP contribution in [0.5, 0.6) is 0 Å². The van der Waals surface area contributed by atoms with Gasteiger partial charge in [0.1, 0.15) is 0 Å². The quantitative estimate of drug-likeness (QED) is 0.815. The minimum Gasteiger partial charge on any atom is -0.355 e. The summed E-state index contributed by atoms with van der Waals surface area (Å²) in [7, 11) is 0. The Balaban J connectivity index is 1.65. The number of hydrogen-bond donors (Lipinski definition) is 2. The topological polar surface area (TPSA) is 58.4 Å². The van der Waals surface area contributed by atoms with Gasteiger partial charge < -0.3 is 11.1 Å². The molecule has 4 heteroatoms. The van der Waals surface area contributed by atoms with Crippen molar-refractivity contribution in [2.75, 3.05) is 32.7 Å². The second kappa shape index (κ2) is 8.02. The van der Waals surface area contributed by atoms with Gasteiger partial charge in [0.2, 0.25) is 5.91 Å². The lowest BCUT2D eigenvalue weighted by Gasteiger charge is -2.31. The molecule has 1 unspecified atom stereocenters. The monoisotopic (exact) mass is 275 g/mol. The second-order valence-corrected chi connectivity index (χ2v) is 5.56. The first-order valence-electron chi connectivity index (χ1n) is 7.51. The smallest absolute Gasteiger partial charge is 0.234 e. The lowest BCUT2D eigenvalue weighted by molar-refractivity contribution is -0.122. The summed E-state index contributed by atoms with van der Waals surface area (Å²) in [6, 6.07) is 10.2. The van der Waals surface area contributed by atoms with E-state index in [0.29, 0.717) is 19.0 Å². The molecule has 0 saturated carbocycles. The van der Waals surface area contributed by atoms with Crippen LogP contribution >= 0.6 is 0 Å². The maximum absolute atomic E-state index is 11.9. The van der Waals surface area contributed by atoms with Crippen LogP contribution in [0.3, 0.4) is 0 Å². The lowest BCUT2D eigenvalue weighted by atomic mass is 9.98. The SMILES string of the molecule is NCC1CCCN(CC(=O)NCCc2ccccc2)C1. The zero-order valence-corrected chi connectivity index (χ0v) is 12.1. The number of carbonyl (C=O) groups excluding carboxylic acids is 1. The van der Waals surface area contributed by atoms with Gasteiger partial charge in [-0.15, -0.1) is 0 Å². The summed E-state index contributed by atoms with van der Waals surface area (Å²) in [6.45, 7) is 3.92. The number of benzene rings is 1. The van der Waals surface area contributed by atoms with Gasteiger partial charge in [0, 0.05) is 13.1 Å². The van der Waals surface area contributed by atoms with E-state index in [1.807, 2.05) is 18.2 Å². The first-order valence-corrected chi connectivity index (χ1v) is 7.51. The molecule has 0 spiro atoms. The zero-order valence-electron chi connectivity index (χ0n) is 12.1. The number of amides is 1. The number of nitrogens with two attached hydrogens (primary N) is 1. The Hall–Kier alpha value is -1.39. The Morgan fingerprint density at radius 2 is 2.15 bits per heavy atom. The van der Waals surface area contributed by atoms with Gasteiger partial charge in [0.05, 0.1) is 6.54 Å². The van der Waals surface area contributed by atoms with Crippen molar-refractivity contribution in [3.05, 3.63) is 35.9 Å². The minimum atomic E-state index is 0.124. The Morgan fingerprint density at radius 3 is 2.90 bits per heavy atom. The second-order valence-electron chi connectivity index (χ2n) is 5.56. The highest BCUT2D eigenvalue weighted by molar-refractivity contribution is 5.78. The number of hydrogen-bond acceptors (Lipinski definition) is 3. The van der Waals surface area contributed by atoms with Crippen molar-refractivity contribution >= 4 is 5.91 Å². The normalized spacial score (nSPS) is 19.8. The Bertz CT molecular complexity index is 407. The molecule has 1 heterocycles. The van der Waals surface area contributed by atoms with Gasteiger partial charge in [-0.2, -0.15) is 0 Å². The van der Waals surface area contributed by atoms with Crippen molar-refractivity contribution in [3.63, 3.8) is 0 Å². The van der Waals surface area contributed by atoms with Crippen molar-refractivity contribution in [1.82, 2.24) is 10.2 Å². The van der Waals surface area contributed by atoms with Crippen LogP contribution in [0.15, 0.2) is 30.3 Å². The maximum atomic E-state index is 11.9. The standard InChI is InChI=1S/C16H25N3O/c17-11-15-7-4-10-19(12-15)13-16(20)18-9-8-14-5-2-1-3-6-14/h1-3,5-6,15H,4,7-13,17H2,(H,18,20). The molecular formula is C16H25N3O. The van der Waals surface area contributed by atoms with Gasteiger partial charge in [-0.3, -0.25) is 9.69 Å². The van der Waals surface area contributed by atoms with E-state index in [9.17, 15) is 4.79 Å². The molecule has 0 bridgehead atoms. The summed E-state index contributed by atoms with van der Waals surface area (Å²) in [4.78, 5) is 14.1. The van der Waals surface area contributed by atoms with E-state index in [0.717, 1.165) is 32.5 Å². The van der Waals surface area contributed by atoms with Gasteiger partial charge in [-0.1, -0.05) is 30.3 Å². The number of rotatable bonds is 6. The van der Waals surface area contributed by atoms with Gasteiger partial charge >= 0.3 is 0 Å². The molecule has 2 rings (SSSR count). The predicted molar refractivity (Wildman–Crippen MR) is 81.4 cm³/mol. The molecule has 1 saturated heterocycles. The first-order chi connectivity index (χ1) is 9.78. The molecular weight excluding hydrogens is 250 g/mol. The van der Waals surface area contributed by atoms with E-state index >= 15 is 0 Å². The third-order valence-electron chi connectivity index (χ3n) is 3.88. The van der Waals surface area contributed by atoms with Crippen LogP contribution in [-0.4, -0.2) is 43.5 Å². The van der Waals surface area contributed by atoms with E-state index in [2.05, 4.69) is 22.3 Å². The van der Waals surface area contributed by atoms with Crippen LogP contribution in [0.1, 0.15) is 18.4 Å². The summed E-state index contributed by atoms with van der Waals surface area (Å²) in [5, 5.41) is 3.00. The highest BCUT2D eigenvalue weighted by Gasteiger charge is 2.20. The van der Waals surface area contributed by atoms with E-state index < -0.39 is 0 Å². The average Bonchev–Trinajstić information content (AvgIpc) is 2.48. The van der Waals surface area contributed by atoms with Crippen LogP contribution in [0, 0.1) is 5.92 Å². The van der Waals surface area contributed by atoms with Crippen molar-refractivity contribution in [2.45, 2.75) is 19.3 Å². The molecule has 1 aromatic rings. The van der Waals surface area contributed by atoms with E-state index in [1.54, 1.807) is 0 Å². The van der Waals surface area contributed by atoms with E-state index in [-0.39, 0.29) is 5.91 Å². The van der Waals surface area contributed by atoms with Gasteiger partial charge in [-0.05, 0) is 43.8 Å². The molecule has 1 aliphatic heterocycles. The van der Waals surface area contributed by atoms with Crippen molar-refractivity contribution in [1.29, 1.82) is 0 Å². The predicted octanol–water partition coefficient (Wildman–Crippen LogP) is 1.02. The van der Waals surface area contributed by atoms with E-state index in [1.165, 1.54) is 12.0 Å². The van der Waals surface area contributed by atoms with Crippen LogP contribution in [0.2, 0.25) is 0 Å². The lowest BCUT2D eigenvalue weighted by Crippen LogP contribution is -2.44. The summed E-state index contributed by atoms with van der Waals surface area (Å²) in [5.74, 6) is 0.680. The van der Waals surface area contributed by atoms with Gasteiger partial charge in [0.15, 0.2) is 0 Å². The van der Waals surface area contributed by atoms with Crippen molar-refractivity contribution in [2.24, 2.45) is 11.7 Å². The third kappa shape index (κ3) is 4.94. The molecule has 110 valence electrons. The molecule has 20 heavy (non-hydrogen) atoms. The number of likely N-dealkylation sites (tertiary alicyclic amines) is 1. The molecule has 0 radical (unpaired) electrons. The summed E-state index contributed by atoms with van der Waals surface area (Å²) in [6.07, 6.45) is 3.24. The summed E-state index contributed by atoms with van der Waals surface area (Å²) >= 11 is 0. The third-order valence-corrected chi connectivity index (χ3v) is 3.88. The Labute approximate surface area is 121 Å². The first kappa shape index (κ1) is 15.0. The van der Waals surface area contributed by atoms with E-state index in [4.69, 9.17) is 5.73 Å². The highest BCUT2D eigenvalue weighted by Crippen LogP contribution is 2.14. The molecule has 1 atom stereocenters. The van der Waals surface area contributed by atoms with Crippen LogP contribution < -0.4 is 11.1 Å². The molecule has 1 aliphatic rings. The minimum absolute atomic E-state index is 0.124. The van der Waals surface area contributed by atoms with Crippen LogP contribution in [0.25, 0.3) is 0 Å². The maximum Gasteiger partial charge on any atom is 0.234 e. The Kier molecular flexibility index (Phi) is 6.02. The molecule has 0 aliphatic carbocycles. The molecule has 4 nitrogen and oxygen atoms in total. The summed E-state index contributed by atoms with van der Waals surface area (Å²) in [5.41, 5.74) is 6.97. The number of piperidine rings is 1. The highest BCUT2D eigenvalue weighted by atomic mass is 16.2. The summed E-state index contributed by atoms with van der Waals surface area (Å²) < 4.78 is 0.